The number of aliphatic hydroxyl groups excluding tert-OH is 1. The summed E-state index contributed by atoms with van der Waals surface area (Å²) in [5.41, 5.74) is 3.90. The van der Waals surface area contributed by atoms with Crippen LogP contribution in [0.3, 0.4) is 0 Å². The van der Waals surface area contributed by atoms with Crippen molar-refractivity contribution in [3.63, 3.8) is 0 Å². The van der Waals surface area contributed by atoms with Crippen LogP contribution < -0.4 is 5.32 Å². The van der Waals surface area contributed by atoms with Gasteiger partial charge < -0.3 is 10.4 Å². The van der Waals surface area contributed by atoms with Crippen LogP contribution in [0, 0.1) is 12.8 Å². The second-order valence-corrected chi connectivity index (χ2v) is 5.73. The van der Waals surface area contributed by atoms with Gasteiger partial charge in [0, 0.05) is 6.61 Å². The van der Waals surface area contributed by atoms with Gasteiger partial charge in [-0.2, -0.15) is 0 Å². The van der Waals surface area contributed by atoms with Crippen LogP contribution in [0.4, 0.5) is 0 Å². The van der Waals surface area contributed by atoms with Gasteiger partial charge >= 0.3 is 0 Å². The molecule has 0 spiro atoms. The highest BCUT2D eigenvalue weighted by molar-refractivity contribution is 5.36. The van der Waals surface area contributed by atoms with E-state index in [1.165, 1.54) is 16.7 Å². The van der Waals surface area contributed by atoms with Gasteiger partial charge in [0.2, 0.25) is 0 Å². The van der Waals surface area contributed by atoms with Crippen molar-refractivity contribution in [1.29, 1.82) is 0 Å². The second kappa shape index (κ2) is 7.96. The Bertz CT molecular complexity index is 538. The lowest BCUT2D eigenvalue weighted by atomic mass is 9.94. The molecule has 0 aliphatic rings. The highest BCUT2D eigenvalue weighted by atomic mass is 16.3. The SMILES string of the molecule is Cc1ccccc1C(NCC(C)CCO)c1ccccc1. The molecule has 0 radical (unpaired) electrons. The molecule has 2 heteroatoms. The summed E-state index contributed by atoms with van der Waals surface area (Å²) in [6.07, 6.45) is 0.836. The molecule has 2 rings (SSSR count). The lowest BCUT2D eigenvalue weighted by molar-refractivity contribution is 0.259. The number of aryl methyl sites for hydroxylation is 1. The minimum Gasteiger partial charge on any atom is -0.396 e. The van der Waals surface area contributed by atoms with E-state index >= 15 is 0 Å². The Kier molecular flexibility index (Phi) is 5.97. The molecule has 2 aromatic rings. The van der Waals surface area contributed by atoms with Crippen LogP contribution in [0.25, 0.3) is 0 Å². The van der Waals surface area contributed by atoms with Gasteiger partial charge in [0.1, 0.15) is 0 Å². The monoisotopic (exact) mass is 283 g/mol. The molecule has 0 heterocycles. The van der Waals surface area contributed by atoms with Gasteiger partial charge in [0.05, 0.1) is 6.04 Å². The Hall–Kier alpha value is -1.64. The Balaban J connectivity index is 2.21. The molecule has 0 saturated carbocycles. The zero-order valence-corrected chi connectivity index (χ0v) is 12.9. The van der Waals surface area contributed by atoms with E-state index in [4.69, 9.17) is 5.11 Å². The molecule has 0 saturated heterocycles. The molecule has 2 atom stereocenters. The molecule has 112 valence electrons. The third kappa shape index (κ3) is 4.42. The fourth-order valence-electron chi connectivity index (χ4n) is 2.61. The van der Waals surface area contributed by atoms with Gasteiger partial charge in [-0.1, -0.05) is 61.5 Å². The van der Waals surface area contributed by atoms with Gasteiger partial charge in [-0.25, -0.2) is 0 Å². The summed E-state index contributed by atoms with van der Waals surface area (Å²) in [5, 5.41) is 12.7. The van der Waals surface area contributed by atoms with E-state index in [1.807, 2.05) is 6.07 Å². The van der Waals surface area contributed by atoms with E-state index in [1.54, 1.807) is 0 Å². The van der Waals surface area contributed by atoms with Crippen molar-refractivity contribution in [2.75, 3.05) is 13.2 Å². The van der Waals surface area contributed by atoms with E-state index in [0.717, 1.165) is 13.0 Å². The second-order valence-electron chi connectivity index (χ2n) is 5.73. The summed E-state index contributed by atoms with van der Waals surface area (Å²) < 4.78 is 0. The summed E-state index contributed by atoms with van der Waals surface area (Å²) in [7, 11) is 0. The maximum Gasteiger partial charge on any atom is 0.0579 e. The topological polar surface area (TPSA) is 32.3 Å². The lowest BCUT2D eigenvalue weighted by Gasteiger charge is -2.23. The third-order valence-corrected chi connectivity index (χ3v) is 3.92. The maximum absolute atomic E-state index is 9.05. The van der Waals surface area contributed by atoms with Crippen LogP contribution in [0.1, 0.15) is 36.1 Å². The largest absolute Gasteiger partial charge is 0.396 e. The maximum atomic E-state index is 9.05. The fourth-order valence-corrected chi connectivity index (χ4v) is 2.61. The summed E-state index contributed by atoms with van der Waals surface area (Å²) in [6, 6.07) is 19.3. The van der Waals surface area contributed by atoms with Gasteiger partial charge in [0.15, 0.2) is 0 Å². The first-order valence-electron chi connectivity index (χ1n) is 7.67. The van der Waals surface area contributed by atoms with Crippen molar-refractivity contribution in [2.45, 2.75) is 26.3 Å². The molecular weight excluding hydrogens is 258 g/mol. The number of aliphatic hydroxyl groups is 1. The first-order valence-corrected chi connectivity index (χ1v) is 7.67. The smallest absolute Gasteiger partial charge is 0.0579 e. The van der Waals surface area contributed by atoms with E-state index in [9.17, 15) is 0 Å². The number of hydrogen-bond donors (Lipinski definition) is 2. The Morgan fingerprint density at radius 3 is 2.33 bits per heavy atom. The average Bonchev–Trinajstić information content (AvgIpc) is 2.50. The molecule has 0 amide bonds. The number of nitrogens with one attached hydrogen (secondary N) is 1. The lowest BCUT2D eigenvalue weighted by Crippen LogP contribution is -2.28. The normalized spacial score (nSPS) is 13.9. The van der Waals surface area contributed by atoms with E-state index in [0.29, 0.717) is 5.92 Å². The molecule has 0 aromatic heterocycles. The van der Waals surface area contributed by atoms with Gasteiger partial charge in [-0.3, -0.25) is 0 Å². The summed E-state index contributed by atoms with van der Waals surface area (Å²) in [6.45, 7) is 5.48. The zero-order chi connectivity index (χ0) is 15.1. The highest BCUT2D eigenvalue weighted by Crippen LogP contribution is 2.25. The van der Waals surface area contributed by atoms with Gasteiger partial charge in [0.25, 0.3) is 0 Å². The van der Waals surface area contributed by atoms with Crippen LogP contribution in [-0.2, 0) is 0 Å². The van der Waals surface area contributed by atoms with E-state index in [-0.39, 0.29) is 12.6 Å². The fraction of sp³-hybridized carbons (Fsp3) is 0.368. The van der Waals surface area contributed by atoms with Crippen LogP contribution in [0.15, 0.2) is 54.6 Å². The molecule has 2 unspecified atom stereocenters. The first kappa shape index (κ1) is 15.7. The summed E-state index contributed by atoms with van der Waals surface area (Å²) in [4.78, 5) is 0. The van der Waals surface area contributed by atoms with Crippen molar-refractivity contribution in [3.8, 4) is 0 Å². The molecule has 2 nitrogen and oxygen atoms in total. The highest BCUT2D eigenvalue weighted by Gasteiger charge is 2.16. The Morgan fingerprint density at radius 1 is 1.00 bits per heavy atom. The van der Waals surface area contributed by atoms with Crippen molar-refractivity contribution < 1.29 is 5.11 Å². The standard InChI is InChI=1S/C19H25NO/c1-15(12-13-21)14-20-19(17-9-4-3-5-10-17)18-11-7-6-8-16(18)2/h3-11,15,19-21H,12-14H2,1-2H3. The van der Waals surface area contributed by atoms with Crippen LogP contribution in [0.2, 0.25) is 0 Å². The predicted molar refractivity (Wildman–Crippen MR) is 88.3 cm³/mol. The molecule has 2 aromatic carbocycles. The zero-order valence-electron chi connectivity index (χ0n) is 12.9. The minimum absolute atomic E-state index is 0.202. The Labute approximate surface area is 127 Å². The molecule has 0 bridgehead atoms. The molecule has 0 aliphatic carbocycles. The van der Waals surface area contributed by atoms with Gasteiger partial charge in [-0.15, -0.1) is 0 Å². The number of benzene rings is 2. The Morgan fingerprint density at radius 2 is 1.67 bits per heavy atom. The number of hydrogen-bond acceptors (Lipinski definition) is 2. The van der Waals surface area contributed by atoms with Crippen LogP contribution >= 0.6 is 0 Å². The van der Waals surface area contributed by atoms with Crippen molar-refractivity contribution in [1.82, 2.24) is 5.32 Å². The third-order valence-electron chi connectivity index (χ3n) is 3.92. The average molecular weight is 283 g/mol. The summed E-state index contributed by atoms with van der Waals surface area (Å²) >= 11 is 0. The van der Waals surface area contributed by atoms with E-state index in [2.05, 4.69) is 67.7 Å². The molecule has 0 fully saturated rings. The minimum atomic E-state index is 0.202. The van der Waals surface area contributed by atoms with Crippen molar-refractivity contribution in [3.05, 3.63) is 71.3 Å². The van der Waals surface area contributed by atoms with Crippen LogP contribution in [-0.4, -0.2) is 18.3 Å². The van der Waals surface area contributed by atoms with Crippen molar-refractivity contribution >= 4 is 0 Å². The summed E-state index contributed by atoms with van der Waals surface area (Å²) in [5.74, 6) is 0.463. The van der Waals surface area contributed by atoms with Crippen LogP contribution in [0.5, 0.6) is 0 Å². The van der Waals surface area contributed by atoms with Gasteiger partial charge in [-0.05, 0) is 42.5 Å². The quantitative estimate of drug-likeness (QED) is 0.812. The molecule has 2 N–H and O–H groups in total. The number of rotatable bonds is 7. The first-order chi connectivity index (χ1) is 10.2. The molecular formula is C19H25NO. The van der Waals surface area contributed by atoms with Crippen molar-refractivity contribution in [2.24, 2.45) is 5.92 Å². The molecule has 21 heavy (non-hydrogen) atoms. The van der Waals surface area contributed by atoms with E-state index < -0.39 is 0 Å². The predicted octanol–water partition coefficient (Wildman–Crippen LogP) is 3.69. The molecule has 0 aliphatic heterocycles.